The Kier molecular flexibility index (Phi) is 4.47. The van der Waals surface area contributed by atoms with Gasteiger partial charge in [-0.25, -0.2) is 14.8 Å². The van der Waals surface area contributed by atoms with Crippen molar-refractivity contribution in [3.05, 3.63) is 78.6 Å². The maximum Gasteiger partial charge on any atom is 0.335 e. The Labute approximate surface area is 160 Å². The van der Waals surface area contributed by atoms with Crippen LogP contribution in [0.5, 0.6) is 0 Å². The normalized spacial score (nSPS) is 10.6. The number of nitrogen functional groups attached to an aromatic ring is 1. The molecule has 0 saturated heterocycles. The second-order valence-corrected chi connectivity index (χ2v) is 6.14. The van der Waals surface area contributed by atoms with E-state index in [4.69, 9.17) is 10.8 Å². The zero-order valence-corrected chi connectivity index (χ0v) is 14.8. The van der Waals surface area contributed by atoms with Gasteiger partial charge in [-0.15, -0.1) is 0 Å². The Balaban J connectivity index is 1.62. The Hall–Kier alpha value is -4.13. The van der Waals surface area contributed by atoms with Crippen LogP contribution in [0.4, 0.5) is 28.7 Å². The molecule has 0 fully saturated rings. The first kappa shape index (κ1) is 17.3. The second-order valence-electron chi connectivity index (χ2n) is 6.14. The van der Waals surface area contributed by atoms with Gasteiger partial charge in [-0.1, -0.05) is 36.4 Å². The number of fused-ring (bicyclic) bond motifs is 1. The van der Waals surface area contributed by atoms with Crippen LogP contribution in [0.15, 0.2) is 73.1 Å². The van der Waals surface area contributed by atoms with E-state index in [1.165, 1.54) is 18.5 Å². The van der Waals surface area contributed by atoms with Crippen molar-refractivity contribution < 1.29 is 9.90 Å². The molecule has 0 amide bonds. The molecule has 0 aliphatic carbocycles. The highest BCUT2D eigenvalue weighted by atomic mass is 16.4. The standard InChI is InChI=1S/C21H17N5O2/c22-18-19(25-15-10-8-14(9-11-15)21(27)28)23-12-24-20(18)26-17-7-3-5-13-4-1-2-6-16(13)17/h1-12H,22H2,(H,27,28)(H2,23,24,25,26). The van der Waals surface area contributed by atoms with E-state index in [1.54, 1.807) is 12.1 Å². The highest BCUT2D eigenvalue weighted by molar-refractivity contribution is 5.96. The van der Waals surface area contributed by atoms with E-state index in [0.29, 0.717) is 23.0 Å². The minimum absolute atomic E-state index is 0.208. The summed E-state index contributed by atoms with van der Waals surface area (Å²) < 4.78 is 0. The van der Waals surface area contributed by atoms with Gasteiger partial charge in [0.25, 0.3) is 0 Å². The van der Waals surface area contributed by atoms with Crippen LogP contribution in [0.3, 0.4) is 0 Å². The average molecular weight is 371 g/mol. The van der Waals surface area contributed by atoms with Crippen LogP contribution in [0.25, 0.3) is 10.8 Å². The minimum Gasteiger partial charge on any atom is -0.478 e. The number of hydrogen-bond donors (Lipinski definition) is 4. The zero-order chi connectivity index (χ0) is 19.5. The lowest BCUT2D eigenvalue weighted by atomic mass is 10.1. The lowest BCUT2D eigenvalue weighted by molar-refractivity contribution is 0.0697. The van der Waals surface area contributed by atoms with Gasteiger partial charge >= 0.3 is 5.97 Å². The quantitative estimate of drug-likeness (QED) is 0.411. The summed E-state index contributed by atoms with van der Waals surface area (Å²) in [5.41, 5.74) is 8.39. The summed E-state index contributed by atoms with van der Waals surface area (Å²) in [5, 5.41) is 17.5. The molecule has 4 rings (SSSR count). The van der Waals surface area contributed by atoms with Gasteiger partial charge in [0.05, 0.1) is 5.56 Å². The first-order valence-corrected chi connectivity index (χ1v) is 8.57. The summed E-state index contributed by atoms with van der Waals surface area (Å²) in [4.78, 5) is 19.4. The summed E-state index contributed by atoms with van der Waals surface area (Å²) in [5.74, 6) is -0.0634. The second kappa shape index (κ2) is 7.24. The summed E-state index contributed by atoms with van der Waals surface area (Å²) in [6, 6.07) is 20.3. The molecule has 0 spiro atoms. The van der Waals surface area contributed by atoms with Crippen LogP contribution < -0.4 is 16.4 Å². The van der Waals surface area contributed by atoms with Gasteiger partial charge < -0.3 is 21.5 Å². The van der Waals surface area contributed by atoms with Crippen LogP contribution in [0, 0.1) is 0 Å². The van der Waals surface area contributed by atoms with Gasteiger partial charge in [-0.3, -0.25) is 0 Å². The van der Waals surface area contributed by atoms with E-state index in [-0.39, 0.29) is 5.56 Å². The number of nitrogens with two attached hydrogens (primary N) is 1. The predicted octanol–water partition coefficient (Wildman–Crippen LogP) is 4.40. The summed E-state index contributed by atoms with van der Waals surface area (Å²) >= 11 is 0. The molecule has 138 valence electrons. The van der Waals surface area contributed by atoms with Gasteiger partial charge in [0, 0.05) is 16.8 Å². The van der Waals surface area contributed by atoms with Crippen molar-refractivity contribution in [2.24, 2.45) is 0 Å². The first-order valence-electron chi connectivity index (χ1n) is 8.57. The maximum atomic E-state index is 11.0. The van der Waals surface area contributed by atoms with Crippen molar-refractivity contribution in [2.75, 3.05) is 16.4 Å². The number of aromatic nitrogens is 2. The fourth-order valence-electron chi connectivity index (χ4n) is 2.89. The highest BCUT2D eigenvalue weighted by Gasteiger charge is 2.11. The topological polar surface area (TPSA) is 113 Å². The number of hydrogen-bond acceptors (Lipinski definition) is 6. The average Bonchev–Trinajstić information content (AvgIpc) is 2.71. The number of nitrogens with zero attached hydrogens (tertiary/aromatic N) is 2. The maximum absolute atomic E-state index is 11.0. The molecule has 0 unspecified atom stereocenters. The molecule has 0 radical (unpaired) electrons. The van der Waals surface area contributed by atoms with Gasteiger partial charge in [-0.2, -0.15) is 0 Å². The van der Waals surface area contributed by atoms with Crippen LogP contribution in [-0.4, -0.2) is 21.0 Å². The summed E-state index contributed by atoms with van der Waals surface area (Å²) in [7, 11) is 0. The molecule has 0 aliphatic rings. The third-order valence-electron chi connectivity index (χ3n) is 4.32. The van der Waals surface area contributed by atoms with Crippen LogP contribution in [0.1, 0.15) is 10.4 Å². The van der Waals surface area contributed by atoms with Gasteiger partial charge in [0.2, 0.25) is 0 Å². The summed E-state index contributed by atoms with van der Waals surface area (Å²) in [6.07, 6.45) is 1.41. The number of carboxylic acids is 1. The van der Waals surface area contributed by atoms with Gasteiger partial charge in [0.1, 0.15) is 12.0 Å². The van der Waals surface area contributed by atoms with Crippen molar-refractivity contribution in [1.82, 2.24) is 9.97 Å². The third-order valence-corrected chi connectivity index (χ3v) is 4.32. The molecular formula is C21H17N5O2. The van der Waals surface area contributed by atoms with Crippen molar-refractivity contribution >= 4 is 45.4 Å². The fraction of sp³-hybridized carbons (Fsp3) is 0. The molecule has 5 N–H and O–H groups in total. The van der Waals surface area contributed by atoms with E-state index in [9.17, 15) is 4.79 Å². The molecule has 0 bridgehead atoms. The molecule has 0 saturated carbocycles. The molecule has 7 nitrogen and oxygen atoms in total. The van der Waals surface area contributed by atoms with Crippen LogP contribution in [-0.2, 0) is 0 Å². The van der Waals surface area contributed by atoms with Crippen molar-refractivity contribution in [3.63, 3.8) is 0 Å². The molecule has 3 aromatic carbocycles. The lowest BCUT2D eigenvalue weighted by Gasteiger charge is -2.14. The number of anilines is 5. The van der Waals surface area contributed by atoms with Crippen molar-refractivity contribution in [2.45, 2.75) is 0 Å². The van der Waals surface area contributed by atoms with Crippen LogP contribution >= 0.6 is 0 Å². The Morgan fingerprint density at radius 2 is 1.54 bits per heavy atom. The van der Waals surface area contributed by atoms with Crippen molar-refractivity contribution in [3.8, 4) is 0 Å². The van der Waals surface area contributed by atoms with Gasteiger partial charge in [0.15, 0.2) is 11.6 Å². The Morgan fingerprint density at radius 1 is 0.857 bits per heavy atom. The largest absolute Gasteiger partial charge is 0.478 e. The number of benzene rings is 3. The van der Waals surface area contributed by atoms with E-state index >= 15 is 0 Å². The fourth-order valence-corrected chi connectivity index (χ4v) is 2.89. The Bertz CT molecular complexity index is 1150. The molecule has 1 heterocycles. The van der Waals surface area contributed by atoms with E-state index in [1.807, 2.05) is 42.5 Å². The number of nitrogens with one attached hydrogen (secondary N) is 2. The number of carboxylic acid groups (broad SMARTS) is 1. The number of carbonyl (C=O) groups is 1. The monoisotopic (exact) mass is 371 g/mol. The van der Waals surface area contributed by atoms with E-state index in [2.05, 4.69) is 20.6 Å². The molecule has 0 atom stereocenters. The number of rotatable bonds is 5. The SMILES string of the molecule is Nc1c(Nc2ccc(C(=O)O)cc2)ncnc1Nc1cccc2ccccc12. The minimum atomic E-state index is -0.977. The van der Waals surface area contributed by atoms with Crippen LogP contribution in [0.2, 0.25) is 0 Å². The van der Waals surface area contributed by atoms with E-state index in [0.717, 1.165) is 16.5 Å². The molecule has 1 aromatic heterocycles. The molecule has 0 aliphatic heterocycles. The molecule has 7 heteroatoms. The molecular weight excluding hydrogens is 354 g/mol. The summed E-state index contributed by atoms with van der Waals surface area (Å²) in [6.45, 7) is 0. The molecule has 28 heavy (non-hydrogen) atoms. The third kappa shape index (κ3) is 3.41. The van der Waals surface area contributed by atoms with Crippen molar-refractivity contribution in [1.29, 1.82) is 0 Å². The molecule has 4 aromatic rings. The Morgan fingerprint density at radius 3 is 2.29 bits per heavy atom. The van der Waals surface area contributed by atoms with E-state index < -0.39 is 5.97 Å². The van der Waals surface area contributed by atoms with Gasteiger partial charge in [-0.05, 0) is 35.7 Å². The lowest BCUT2D eigenvalue weighted by Crippen LogP contribution is -2.05. The zero-order valence-electron chi connectivity index (χ0n) is 14.8. The predicted molar refractivity (Wildman–Crippen MR) is 110 cm³/mol. The highest BCUT2D eigenvalue weighted by Crippen LogP contribution is 2.31. The number of aromatic carboxylic acids is 1. The first-order chi connectivity index (χ1) is 13.6. The smallest absolute Gasteiger partial charge is 0.335 e.